The van der Waals surface area contributed by atoms with Crippen LogP contribution in [0.3, 0.4) is 0 Å². The second-order valence-corrected chi connectivity index (χ2v) is 4.24. The molecule has 0 saturated carbocycles. The standard InChI is InChI=1S/C8H5Br2ClO2/c1-13-4-2-5(8(11)12)7(10)6(9)3-4/h2-3H,1H3. The average molecular weight is 328 g/mol. The van der Waals surface area contributed by atoms with Crippen LogP contribution in [0.15, 0.2) is 21.1 Å². The first-order valence-electron chi connectivity index (χ1n) is 3.29. The number of hydrogen-bond acceptors (Lipinski definition) is 2. The fraction of sp³-hybridized carbons (Fsp3) is 0.125. The molecule has 0 aromatic heterocycles. The van der Waals surface area contributed by atoms with Gasteiger partial charge in [0.2, 0.25) is 0 Å². The van der Waals surface area contributed by atoms with Gasteiger partial charge in [0.25, 0.3) is 5.24 Å². The quantitative estimate of drug-likeness (QED) is 0.776. The van der Waals surface area contributed by atoms with E-state index in [-0.39, 0.29) is 0 Å². The zero-order valence-corrected chi connectivity index (χ0v) is 10.5. The topological polar surface area (TPSA) is 26.3 Å². The van der Waals surface area contributed by atoms with Gasteiger partial charge in [-0.1, -0.05) is 0 Å². The largest absolute Gasteiger partial charge is 0.497 e. The number of ether oxygens (including phenoxy) is 1. The van der Waals surface area contributed by atoms with E-state index in [2.05, 4.69) is 31.9 Å². The minimum Gasteiger partial charge on any atom is -0.497 e. The van der Waals surface area contributed by atoms with Crippen molar-refractivity contribution in [3.05, 3.63) is 26.6 Å². The summed E-state index contributed by atoms with van der Waals surface area (Å²) >= 11 is 11.9. The molecular formula is C8H5Br2ClO2. The third-order valence-electron chi connectivity index (χ3n) is 1.45. The Balaban J connectivity index is 3.33. The lowest BCUT2D eigenvalue weighted by atomic mass is 10.2. The molecule has 1 rings (SSSR count). The highest BCUT2D eigenvalue weighted by Crippen LogP contribution is 2.32. The zero-order chi connectivity index (χ0) is 10.0. The van der Waals surface area contributed by atoms with Gasteiger partial charge in [-0.2, -0.15) is 0 Å². The van der Waals surface area contributed by atoms with Crippen molar-refractivity contribution in [2.24, 2.45) is 0 Å². The maximum absolute atomic E-state index is 10.9. The molecule has 1 aromatic rings. The van der Waals surface area contributed by atoms with Crippen LogP contribution >= 0.6 is 43.5 Å². The Kier molecular flexibility index (Phi) is 3.76. The predicted octanol–water partition coefficient (Wildman–Crippen LogP) is 3.60. The Labute approximate surface area is 97.5 Å². The van der Waals surface area contributed by atoms with Gasteiger partial charge in [0, 0.05) is 8.95 Å². The van der Waals surface area contributed by atoms with E-state index < -0.39 is 5.24 Å². The molecule has 0 radical (unpaired) electrons. The molecule has 70 valence electrons. The summed E-state index contributed by atoms with van der Waals surface area (Å²) in [5.74, 6) is 0.582. The lowest BCUT2D eigenvalue weighted by molar-refractivity contribution is 0.108. The van der Waals surface area contributed by atoms with Crippen molar-refractivity contribution in [1.29, 1.82) is 0 Å². The first-order chi connectivity index (χ1) is 6.06. The molecule has 0 atom stereocenters. The van der Waals surface area contributed by atoms with Gasteiger partial charge < -0.3 is 4.74 Å². The van der Waals surface area contributed by atoms with Gasteiger partial charge in [0.1, 0.15) is 5.75 Å². The van der Waals surface area contributed by atoms with Gasteiger partial charge in [0.05, 0.1) is 12.7 Å². The Bertz CT molecular complexity index is 352. The minimum absolute atomic E-state index is 0.382. The molecule has 0 aliphatic carbocycles. The highest BCUT2D eigenvalue weighted by atomic mass is 79.9. The van der Waals surface area contributed by atoms with E-state index in [0.717, 1.165) is 4.47 Å². The molecule has 5 heteroatoms. The van der Waals surface area contributed by atoms with Gasteiger partial charge in [-0.25, -0.2) is 0 Å². The molecule has 0 spiro atoms. The molecule has 0 unspecified atom stereocenters. The van der Waals surface area contributed by atoms with Crippen LogP contribution in [-0.2, 0) is 0 Å². The van der Waals surface area contributed by atoms with Gasteiger partial charge >= 0.3 is 0 Å². The minimum atomic E-state index is -0.522. The Morgan fingerprint density at radius 2 is 2.08 bits per heavy atom. The fourth-order valence-corrected chi connectivity index (χ4v) is 1.94. The zero-order valence-electron chi connectivity index (χ0n) is 6.61. The molecule has 0 amide bonds. The van der Waals surface area contributed by atoms with E-state index in [1.54, 1.807) is 12.1 Å². The summed E-state index contributed by atoms with van der Waals surface area (Å²) in [6.45, 7) is 0. The molecule has 0 aliphatic rings. The van der Waals surface area contributed by atoms with Crippen molar-refractivity contribution >= 4 is 48.7 Å². The monoisotopic (exact) mass is 326 g/mol. The smallest absolute Gasteiger partial charge is 0.253 e. The molecule has 0 fully saturated rings. The van der Waals surface area contributed by atoms with E-state index in [1.807, 2.05) is 0 Å². The van der Waals surface area contributed by atoms with Gasteiger partial charge in [-0.15, -0.1) is 0 Å². The van der Waals surface area contributed by atoms with E-state index in [9.17, 15) is 4.79 Å². The van der Waals surface area contributed by atoms with Crippen molar-refractivity contribution < 1.29 is 9.53 Å². The van der Waals surface area contributed by atoms with Crippen molar-refractivity contribution in [3.63, 3.8) is 0 Å². The van der Waals surface area contributed by atoms with Gasteiger partial charge in [-0.05, 0) is 55.6 Å². The summed E-state index contributed by atoms with van der Waals surface area (Å²) in [6.07, 6.45) is 0. The highest BCUT2D eigenvalue weighted by molar-refractivity contribution is 9.13. The number of benzene rings is 1. The molecule has 13 heavy (non-hydrogen) atoms. The van der Waals surface area contributed by atoms with Crippen LogP contribution in [0.5, 0.6) is 5.75 Å². The number of rotatable bonds is 2. The van der Waals surface area contributed by atoms with Crippen LogP contribution < -0.4 is 4.74 Å². The second kappa shape index (κ2) is 4.44. The Morgan fingerprint density at radius 3 is 2.54 bits per heavy atom. The van der Waals surface area contributed by atoms with Gasteiger partial charge in [0.15, 0.2) is 0 Å². The van der Waals surface area contributed by atoms with Crippen LogP contribution in [-0.4, -0.2) is 12.4 Å². The van der Waals surface area contributed by atoms with Gasteiger partial charge in [-0.3, -0.25) is 4.79 Å². The second-order valence-electron chi connectivity index (χ2n) is 2.24. The summed E-state index contributed by atoms with van der Waals surface area (Å²) in [5.41, 5.74) is 0.382. The van der Waals surface area contributed by atoms with Crippen molar-refractivity contribution in [3.8, 4) is 5.75 Å². The molecule has 0 heterocycles. The summed E-state index contributed by atoms with van der Waals surface area (Å²) in [4.78, 5) is 10.9. The summed E-state index contributed by atoms with van der Waals surface area (Å²) in [7, 11) is 1.53. The summed E-state index contributed by atoms with van der Waals surface area (Å²) < 4.78 is 6.34. The number of hydrogen-bond donors (Lipinski definition) is 0. The van der Waals surface area contributed by atoms with E-state index >= 15 is 0 Å². The summed E-state index contributed by atoms with van der Waals surface area (Å²) in [6, 6.07) is 3.32. The Morgan fingerprint density at radius 1 is 1.46 bits per heavy atom. The summed E-state index contributed by atoms with van der Waals surface area (Å²) in [5, 5.41) is -0.522. The third kappa shape index (κ3) is 2.45. The van der Waals surface area contributed by atoms with Crippen LogP contribution in [0.1, 0.15) is 10.4 Å². The predicted molar refractivity (Wildman–Crippen MR) is 58.6 cm³/mol. The lowest BCUT2D eigenvalue weighted by Gasteiger charge is -2.05. The number of carbonyl (C=O) groups is 1. The molecule has 1 aromatic carbocycles. The van der Waals surface area contributed by atoms with Crippen LogP contribution in [0.2, 0.25) is 0 Å². The average Bonchev–Trinajstić information content (AvgIpc) is 2.09. The van der Waals surface area contributed by atoms with E-state index in [1.165, 1.54) is 7.11 Å². The fourth-order valence-electron chi connectivity index (χ4n) is 0.825. The first kappa shape index (κ1) is 11.0. The highest BCUT2D eigenvalue weighted by Gasteiger charge is 2.12. The van der Waals surface area contributed by atoms with Crippen LogP contribution in [0, 0.1) is 0 Å². The molecule has 2 nitrogen and oxygen atoms in total. The first-order valence-corrected chi connectivity index (χ1v) is 5.25. The van der Waals surface area contributed by atoms with E-state index in [4.69, 9.17) is 16.3 Å². The number of halogens is 3. The van der Waals surface area contributed by atoms with Crippen LogP contribution in [0.4, 0.5) is 0 Å². The molecule has 0 saturated heterocycles. The number of carbonyl (C=O) groups excluding carboxylic acids is 1. The Hall–Kier alpha value is -0.0600. The van der Waals surface area contributed by atoms with Crippen molar-refractivity contribution in [2.75, 3.05) is 7.11 Å². The third-order valence-corrected chi connectivity index (χ3v) is 3.66. The van der Waals surface area contributed by atoms with Crippen molar-refractivity contribution in [1.82, 2.24) is 0 Å². The SMILES string of the molecule is COc1cc(Br)c(Br)c(C(=O)Cl)c1. The molecule has 0 N–H and O–H groups in total. The maximum Gasteiger partial charge on any atom is 0.253 e. The maximum atomic E-state index is 10.9. The van der Waals surface area contributed by atoms with Crippen LogP contribution in [0.25, 0.3) is 0 Å². The molecule has 0 bridgehead atoms. The van der Waals surface area contributed by atoms with Crippen molar-refractivity contribution in [2.45, 2.75) is 0 Å². The lowest BCUT2D eigenvalue weighted by Crippen LogP contribution is -1.93. The molecule has 0 aliphatic heterocycles. The normalized spacial score (nSPS) is 9.85. The number of methoxy groups -OCH3 is 1. The molecular weight excluding hydrogens is 323 g/mol. The van der Waals surface area contributed by atoms with E-state index in [0.29, 0.717) is 15.8 Å².